The Hall–Kier alpha value is -0.640. The van der Waals surface area contributed by atoms with Crippen LogP contribution in [0.4, 0.5) is 5.69 Å². The lowest BCUT2D eigenvalue weighted by Crippen LogP contribution is -2.69. The summed E-state index contributed by atoms with van der Waals surface area (Å²) in [5, 5.41) is 3.64. The zero-order chi connectivity index (χ0) is 14.1. The van der Waals surface area contributed by atoms with Crippen LogP contribution in [0.15, 0.2) is 12.3 Å². The van der Waals surface area contributed by atoms with Crippen molar-refractivity contribution in [2.45, 2.75) is 17.9 Å². The molecule has 1 spiro atoms. The molecule has 1 aromatic heterocycles. The molecule has 3 atom stereocenters. The van der Waals surface area contributed by atoms with Gasteiger partial charge in [-0.2, -0.15) is 8.42 Å². The maximum atomic E-state index is 11.6. The third kappa shape index (κ3) is 1.63. The summed E-state index contributed by atoms with van der Waals surface area (Å²) in [5.41, 5.74) is -0.217. The normalized spacial score (nSPS) is 37.4. The smallest absolute Gasteiger partial charge is 0.339 e. The first kappa shape index (κ1) is 13.1. The van der Waals surface area contributed by atoms with Crippen LogP contribution < -0.4 is 10.2 Å². The van der Waals surface area contributed by atoms with E-state index in [9.17, 15) is 8.42 Å². The van der Waals surface area contributed by atoms with Crippen molar-refractivity contribution >= 4 is 39.3 Å². The van der Waals surface area contributed by atoms with Crippen molar-refractivity contribution in [3.05, 3.63) is 22.4 Å². The predicted octanol–water partition coefficient (Wildman–Crippen LogP) is 0.537. The Morgan fingerprint density at radius 1 is 1.50 bits per heavy atom. The zero-order valence-corrected chi connectivity index (χ0v) is 12.2. The molecule has 108 valence electrons. The quantitative estimate of drug-likeness (QED) is 0.749. The summed E-state index contributed by atoms with van der Waals surface area (Å²) in [5.74, 6) is 0. The van der Waals surface area contributed by atoms with Gasteiger partial charge in [-0.05, 0) is 6.07 Å². The number of anilines is 1. The molecule has 0 aromatic carbocycles. The van der Waals surface area contributed by atoms with Gasteiger partial charge >= 0.3 is 10.4 Å². The van der Waals surface area contributed by atoms with E-state index in [2.05, 4.69) is 10.3 Å². The molecular weight excluding hydrogens is 329 g/mol. The lowest BCUT2D eigenvalue weighted by atomic mass is 9.88. The van der Waals surface area contributed by atoms with E-state index in [-0.39, 0.29) is 11.2 Å². The molecule has 0 bridgehead atoms. The first-order chi connectivity index (χ1) is 9.41. The van der Waals surface area contributed by atoms with Gasteiger partial charge in [0.15, 0.2) is 11.8 Å². The Bertz CT molecular complexity index is 700. The average Bonchev–Trinajstić information content (AvgIpc) is 2.75. The molecule has 0 saturated carbocycles. The number of nitrogens with one attached hydrogen (secondary N) is 1. The van der Waals surface area contributed by atoms with Gasteiger partial charge in [-0.25, -0.2) is 13.4 Å². The van der Waals surface area contributed by atoms with Crippen molar-refractivity contribution in [1.29, 1.82) is 0 Å². The monoisotopic (exact) mass is 337 g/mol. The fraction of sp³-hybridized carbons (Fsp3) is 0.500. The maximum absolute atomic E-state index is 11.6. The highest BCUT2D eigenvalue weighted by molar-refractivity contribution is 7.82. The fourth-order valence-electron chi connectivity index (χ4n) is 2.87. The van der Waals surface area contributed by atoms with Gasteiger partial charge in [0.25, 0.3) is 0 Å². The van der Waals surface area contributed by atoms with Crippen LogP contribution >= 0.6 is 23.2 Å². The van der Waals surface area contributed by atoms with Gasteiger partial charge in [-0.3, -0.25) is 0 Å². The second kappa shape index (κ2) is 3.96. The van der Waals surface area contributed by atoms with Crippen molar-refractivity contribution < 1.29 is 16.8 Å². The molecule has 1 unspecified atom stereocenters. The highest BCUT2D eigenvalue weighted by Crippen LogP contribution is 2.47. The topological polar surface area (TPSA) is 80.8 Å². The standard InChI is InChI=1S/C10H9Cl2N3O4S/c11-6-1-5(2-13-8(6)12)15-3-7-10(4-14-7)9(15)18-20(16,17)19-10/h1-2,7,9,14H,3-4H2/t7-,9?,10-/m0/s1. The number of rotatable bonds is 1. The van der Waals surface area contributed by atoms with Crippen LogP contribution in [0.1, 0.15) is 0 Å². The largest absolute Gasteiger partial charge is 0.402 e. The van der Waals surface area contributed by atoms with E-state index in [0.29, 0.717) is 23.8 Å². The highest BCUT2D eigenvalue weighted by atomic mass is 35.5. The van der Waals surface area contributed by atoms with Crippen LogP contribution in [-0.4, -0.2) is 44.4 Å². The molecule has 20 heavy (non-hydrogen) atoms. The molecule has 3 fully saturated rings. The maximum Gasteiger partial charge on any atom is 0.402 e. The Labute approximate surface area is 125 Å². The Morgan fingerprint density at radius 2 is 2.30 bits per heavy atom. The number of halogens is 2. The van der Waals surface area contributed by atoms with E-state index in [0.717, 1.165) is 0 Å². The predicted molar refractivity (Wildman–Crippen MR) is 71.0 cm³/mol. The van der Waals surface area contributed by atoms with E-state index >= 15 is 0 Å². The molecule has 0 radical (unpaired) electrons. The SMILES string of the molecule is O=S1(=O)OC2N(c3cnc(Cl)c(Cl)c3)C[C@@H]3NC[C@@]23O1. The number of nitrogens with zero attached hydrogens (tertiary/aromatic N) is 2. The van der Waals surface area contributed by atoms with Gasteiger partial charge in [-0.1, -0.05) is 23.2 Å². The molecule has 1 aromatic rings. The third-order valence-electron chi connectivity index (χ3n) is 3.87. The molecule has 1 N–H and O–H groups in total. The van der Waals surface area contributed by atoms with Gasteiger partial charge in [-0.15, -0.1) is 0 Å². The van der Waals surface area contributed by atoms with Gasteiger partial charge in [0.1, 0.15) is 5.15 Å². The van der Waals surface area contributed by atoms with Crippen molar-refractivity contribution in [2.75, 3.05) is 18.0 Å². The molecule has 7 nitrogen and oxygen atoms in total. The van der Waals surface area contributed by atoms with E-state index < -0.39 is 22.2 Å². The summed E-state index contributed by atoms with van der Waals surface area (Å²) in [6, 6.07) is 1.52. The minimum Gasteiger partial charge on any atom is -0.339 e. The van der Waals surface area contributed by atoms with E-state index in [1.165, 1.54) is 6.20 Å². The van der Waals surface area contributed by atoms with E-state index in [1.54, 1.807) is 11.0 Å². The fourth-order valence-corrected chi connectivity index (χ4v) is 4.31. The van der Waals surface area contributed by atoms with Crippen LogP contribution in [0.5, 0.6) is 0 Å². The Morgan fingerprint density at radius 3 is 2.95 bits per heavy atom. The van der Waals surface area contributed by atoms with Crippen molar-refractivity contribution in [3.8, 4) is 0 Å². The van der Waals surface area contributed by atoms with Gasteiger partial charge in [0.05, 0.1) is 22.9 Å². The summed E-state index contributed by atoms with van der Waals surface area (Å²) in [6.45, 7) is 0.965. The summed E-state index contributed by atoms with van der Waals surface area (Å²) >= 11 is 11.7. The number of hydrogen-bond acceptors (Lipinski definition) is 7. The molecule has 4 rings (SSSR count). The molecule has 3 saturated heterocycles. The lowest BCUT2D eigenvalue weighted by Gasteiger charge is -2.40. The first-order valence-electron chi connectivity index (χ1n) is 5.86. The lowest BCUT2D eigenvalue weighted by molar-refractivity contribution is -0.0162. The molecule has 3 aliphatic rings. The van der Waals surface area contributed by atoms with Crippen molar-refractivity contribution in [3.63, 3.8) is 0 Å². The van der Waals surface area contributed by atoms with Gasteiger partial charge in [0, 0.05) is 13.1 Å². The molecular formula is C10H9Cl2N3O4S. The molecule has 0 aliphatic carbocycles. The highest BCUT2D eigenvalue weighted by Gasteiger charge is 2.69. The second-order valence-electron chi connectivity index (χ2n) is 4.95. The zero-order valence-electron chi connectivity index (χ0n) is 9.92. The summed E-state index contributed by atoms with van der Waals surface area (Å²) in [4.78, 5) is 5.74. The van der Waals surface area contributed by atoms with Crippen LogP contribution in [0.3, 0.4) is 0 Å². The minimum atomic E-state index is -3.97. The number of aromatic nitrogens is 1. The van der Waals surface area contributed by atoms with Gasteiger partial charge in [0.2, 0.25) is 0 Å². The summed E-state index contributed by atoms with van der Waals surface area (Å²) in [7, 11) is -3.97. The third-order valence-corrected chi connectivity index (χ3v) is 5.49. The van der Waals surface area contributed by atoms with Crippen molar-refractivity contribution in [1.82, 2.24) is 10.3 Å². The van der Waals surface area contributed by atoms with Crippen molar-refractivity contribution in [2.24, 2.45) is 0 Å². The number of pyridine rings is 1. The van der Waals surface area contributed by atoms with Gasteiger partial charge < -0.3 is 10.2 Å². The molecule has 0 amide bonds. The molecule has 10 heteroatoms. The van der Waals surface area contributed by atoms with Crippen LogP contribution in [0, 0.1) is 0 Å². The Kier molecular flexibility index (Phi) is 2.59. The van der Waals surface area contributed by atoms with Crippen LogP contribution in [0.2, 0.25) is 10.2 Å². The molecule has 4 heterocycles. The molecule has 3 aliphatic heterocycles. The van der Waals surface area contributed by atoms with E-state index in [1.807, 2.05) is 0 Å². The second-order valence-corrected chi connectivity index (χ2v) is 6.89. The van der Waals surface area contributed by atoms with E-state index in [4.69, 9.17) is 31.6 Å². The summed E-state index contributed by atoms with van der Waals surface area (Å²) < 4.78 is 33.3. The van der Waals surface area contributed by atoms with Crippen LogP contribution in [-0.2, 0) is 18.8 Å². The Balaban J connectivity index is 1.75. The minimum absolute atomic E-state index is 0.112. The summed E-state index contributed by atoms with van der Waals surface area (Å²) in [6.07, 6.45) is 0.818. The van der Waals surface area contributed by atoms with Crippen LogP contribution in [0.25, 0.3) is 0 Å². The number of hydrogen-bond donors (Lipinski definition) is 1. The first-order valence-corrected chi connectivity index (χ1v) is 7.95. The average molecular weight is 338 g/mol.